The van der Waals surface area contributed by atoms with Gasteiger partial charge in [0.05, 0.1) is 10.0 Å². The van der Waals surface area contributed by atoms with Gasteiger partial charge < -0.3 is 15.0 Å². The van der Waals surface area contributed by atoms with Crippen LogP contribution in [0.5, 0.6) is 5.75 Å². The van der Waals surface area contributed by atoms with Gasteiger partial charge in [0.25, 0.3) is 5.91 Å². The van der Waals surface area contributed by atoms with Crippen molar-refractivity contribution in [3.8, 4) is 5.75 Å². The Morgan fingerprint density at radius 1 is 0.865 bits per heavy atom. The van der Waals surface area contributed by atoms with Crippen LogP contribution in [0.2, 0.25) is 10.0 Å². The first-order chi connectivity index (χ1) is 17.6. The number of carbonyl (C=O) groups is 2. The van der Waals surface area contributed by atoms with E-state index in [-0.39, 0.29) is 31.0 Å². The third-order valence-corrected chi connectivity index (χ3v) is 6.69. The number of halogens is 2. The Morgan fingerprint density at radius 3 is 2.14 bits per heavy atom. The van der Waals surface area contributed by atoms with Crippen molar-refractivity contribution in [1.82, 2.24) is 10.2 Å². The van der Waals surface area contributed by atoms with Gasteiger partial charge in [0.15, 0.2) is 6.61 Å². The molecule has 0 spiro atoms. The van der Waals surface area contributed by atoms with Crippen LogP contribution in [0.15, 0.2) is 72.8 Å². The van der Waals surface area contributed by atoms with Gasteiger partial charge in [-0.05, 0) is 60.7 Å². The van der Waals surface area contributed by atoms with E-state index in [1.54, 1.807) is 23.1 Å². The predicted molar refractivity (Wildman–Crippen MR) is 150 cm³/mol. The van der Waals surface area contributed by atoms with Crippen LogP contribution in [0.1, 0.15) is 50.3 Å². The van der Waals surface area contributed by atoms with Crippen molar-refractivity contribution in [3.05, 3.63) is 99.5 Å². The maximum atomic E-state index is 13.6. The molecule has 3 rings (SSSR count). The summed E-state index contributed by atoms with van der Waals surface area (Å²) in [6.07, 6.45) is 0.357. The number of hydrogen-bond donors (Lipinski definition) is 1. The van der Waals surface area contributed by atoms with Crippen LogP contribution in [-0.2, 0) is 22.6 Å². The molecule has 5 nitrogen and oxygen atoms in total. The van der Waals surface area contributed by atoms with E-state index in [1.165, 1.54) is 5.56 Å². The molecule has 7 heteroatoms. The topological polar surface area (TPSA) is 58.6 Å². The first-order valence-corrected chi connectivity index (χ1v) is 13.2. The average Bonchev–Trinajstić information content (AvgIpc) is 2.87. The molecule has 1 atom stereocenters. The molecule has 2 amide bonds. The zero-order valence-electron chi connectivity index (χ0n) is 21.7. The molecule has 0 aliphatic carbocycles. The Morgan fingerprint density at radius 2 is 1.54 bits per heavy atom. The van der Waals surface area contributed by atoms with Crippen molar-refractivity contribution in [3.63, 3.8) is 0 Å². The number of nitrogens with zero attached hydrogens (tertiary/aromatic N) is 1. The van der Waals surface area contributed by atoms with Crippen molar-refractivity contribution in [2.45, 2.75) is 58.7 Å². The van der Waals surface area contributed by atoms with Gasteiger partial charge in [-0.1, -0.05) is 85.6 Å². The van der Waals surface area contributed by atoms with Crippen LogP contribution in [0, 0.1) is 0 Å². The lowest BCUT2D eigenvalue weighted by molar-refractivity contribution is -0.143. The fourth-order valence-corrected chi connectivity index (χ4v) is 4.27. The molecule has 1 unspecified atom stereocenters. The van der Waals surface area contributed by atoms with Crippen molar-refractivity contribution < 1.29 is 14.3 Å². The molecule has 0 saturated carbocycles. The van der Waals surface area contributed by atoms with E-state index >= 15 is 0 Å². The number of ether oxygens (including phenoxy) is 1. The van der Waals surface area contributed by atoms with E-state index in [2.05, 4.69) is 19.2 Å². The molecule has 0 saturated heterocycles. The Bertz CT molecular complexity index is 1180. The van der Waals surface area contributed by atoms with Crippen molar-refractivity contribution in [2.75, 3.05) is 6.61 Å². The maximum absolute atomic E-state index is 13.6. The molecule has 0 heterocycles. The summed E-state index contributed by atoms with van der Waals surface area (Å²) in [5, 5.41) is 3.79. The molecule has 196 valence electrons. The summed E-state index contributed by atoms with van der Waals surface area (Å²) in [7, 11) is 0. The highest BCUT2D eigenvalue weighted by Gasteiger charge is 2.31. The molecular formula is C30H34Cl2N2O3. The molecule has 0 fully saturated rings. The Balaban J connectivity index is 1.90. The lowest BCUT2D eigenvalue weighted by atomic mass is 10.0. The van der Waals surface area contributed by atoms with Crippen molar-refractivity contribution in [2.24, 2.45) is 0 Å². The third kappa shape index (κ3) is 8.51. The Kier molecular flexibility index (Phi) is 10.4. The highest BCUT2D eigenvalue weighted by atomic mass is 35.5. The van der Waals surface area contributed by atoms with Gasteiger partial charge in [-0.25, -0.2) is 0 Å². The number of benzene rings is 3. The van der Waals surface area contributed by atoms with Gasteiger partial charge in [0.2, 0.25) is 5.91 Å². The minimum Gasteiger partial charge on any atom is -0.484 e. The second-order valence-corrected chi connectivity index (χ2v) is 10.5. The van der Waals surface area contributed by atoms with Crippen LogP contribution < -0.4 is 10.1 Å². The maximum Gasteiger partial charge on any atom is 0.261 e. The lowest BCUT2D eigenvalue weighted by Gasteiger charge is -2.32. The lowest BCUT2D eigenvalue weighted by Crippen LogP contribution is -2.52. The molecule has 0 bridgehead atoms. The van der Waals surface area contributed by atoms with Gasteiger partial charge in [0, 0.05) is 19.0 Å². The van der Waals surface area contributed by atoms with E-state index in [9.17, 15) is 9.59 Å². The number of amides is 2. The minimum atomic E-state index is -0.751. The fraction of sp³-hybridized carbons (Fsp3) is 0.333. The van der Waals surface area contributed by atoms with Crippen LogP contribution in [-0.4, -0.2) is 35.4 Å². The molecule has 3 aromatic rings. The summed E-state index contributed by atoms with van der Waals surface area (Å²) in [5.41, 5.74) is 2.90. The van der Waals surface area contributed by atoms with Crippen molar-refractivity contribution in [1.29, 1.82) is 0 Å². The summed E-state index contributed by atoms with van der Waals surface area (Å²) in [4.78, 5) is 28.6. The number of carbonyl (C=O) groups excluding carboxylic acids is 2. The Hall–Kier alpha value is -3.02. The molecule has 1 N–H and O–H groups in total. The fourth-order valence-electron chi connectivity index (χ4n) is 3.95. The van der Waals surface area contributed by atoms with E-state index in [1.807, 2.05) is 68.4 Å². The van der Waals surface area contributed by atoms with E-state index < -0.39 is 6.04 Å². The van der Waals surface area contributed by atoms with Crippen molar-refractivity contribution >= 4 is 35.0 Å². The molecule has 0 aromatic heterocycles. The normalized spacial score (nSPS) is 11.9. The molecule has 0 radical (unpaired) electrons. The molecular weight excluding hydrogens is 507 g/mol. The van der Waals surface area contributed by atoms with E-state index in [4.69, 9.17) is 27.9 Å². The predicted octanol–water partition coefficient (Wildman–Crippen LogP) is 6.66. The summed E-state index contributed by atoms with van der Waals surface area (Å²) >= 11 is 12.4. The molecule has 37 heavy (non-hydrogen) atoms. The standard InChI is InChI=1S/C30H34Cl2N2O3/c1-20(2)24-11-13-25(14-12-24)37-19-29(35)34(18-23-10-15-26(31)27(32)16-23)28(30(36)33-21(3)4)17-22-8-6-5-7-9-22/h5-16,20-21,28H,17-19H2,1-4H3,(H,33,36). The van der Waals surface area contributed by atoms with Crippen LogP contribution in [0.25, 0.3) is 0 Å². The van der Waals surface area contributed by atoms with Crippen LogP contribution in [0.3, 0.4) is 0 Å². The summed E-state index contributed by atoms with van der Waals surface area (Å²) in [6, 6.07) is 21.7. The minimum absolute atomic E-state index is 0.0802. The largest absolute Gasteiger partial charge is 0.484 e. The smallest absolute Gasteiger partial charge is 0.261 e. The SMILES string of the molecule is CC(C)NC(=O)C(Cc1ccccc1)N(Cc1ccc(Cl)c(Cl)c1)C(=O)COc1ccc(C(C)C)cc1. The monoisotopic (exact) mass is 540 g/mol. The van der Waals surface area contributed by atoms with Crippen LogP contribution >= 0.6 is 23.2 Å². The molecule has 3 aromatic carbocycles. The average molecular weight is 542 g/mol. The zero-order chi connectivity index (χ0) is 26.9. The number of hydrogen-bond acceptors (Lipinski definition) is 3. The molecule has 0 aliphatic heterocycles. The number of rotatable bonds is 11. The van der Waals surface area contributed by atoms with E-state index in [0.717, 1.165) is 11.1 Å². The first kappa shape index (κ1) is 28.5. The first-order valence-electron chi connectivity index (χ1n) is 12.4. The Labute approximate surface area is 229 Å². The highest BCUT2D eigenvalue weighted by Crippen LogP contribution is 2.25. The van der Waals surface area contributed by atoms with Gasteiger partial charge in [-0.2, -0.15) is 0 Å². The highest BCUT2D eigenvalue weighted by molar-refractivity contribution is 6.42. The number of nitrogens with one attached hydrogen (secondary N) is 1. The summed E-state index contributed by atoms with van der Waals surface area (Å²) in [5.74, 6) is 0.460. The quantitative estimate of drug-likeness (QED) is 0.295. The van der Waals surface area contributed by atoms with E-state index in [0.29, 0.717) is 28.1 Å². The van der Waals surface area contributed by atoms with Gasteiger partial charge in [-0.3, -0.25) is 9.59 Å². The van der Waals surface area contributed by atoms with Gasteiger partial charge in [0.1, 0.15) is 11.8 Å². The molecule has 0 aliphatic rings. The zero-order valence-corrected chi connectivity index (χ0v) is 23.2. The third-order valence-electron chi connectivity index (χ3n) is 5.95. The van der Waals surface area contributed by atoms with Gasteiger partial charge in [-0.15, -0.1) is 0 Å². The summed E-state index contributed by atoms with van der Waals surface area (Å²) in [6.45, 7) is 8.00. The second kappa shape index (κ2) is 13.5. The second-order valence-electron chi connectivity index (χ2n) is 9.65. The van der Waals surface area contributed by atoms with Gasteiger partial charge >= 0.3 is 0 Å². The van der Waals surface area contributed by atoms with Crippen LogP contribution in [0.4, 0.5) is 0 Å². The summed E-state index contributed by atoms with van der Waals surface area (Å²) < 4.78 is 5.86.